The Morgan fingerprint density at radius 3 is 2.48 bits per heavy atom. The number of likely N-dealkylation sites (tertiary alicyclic amines) is 1. The molecule has 2 aromatic rings. The maximum atomic E-state index is 14.4. The molecule has 0 radical (unpaired) electrons. The van der Waals surface area contributed by atoms with Crippen molar-refractivity contribution in [3.8, 4) is 5.75 Å². The molecule has 0 spiro atoms. The van der Waals surface area contributed by atoms with Crippen LogP contribution in [0.4, 0.5) is 14.5 Å². The number of primary amides is 1. The number of nitrogens with two attached hydrogens (primary N) is 1. The number of amides is 2. The average molecular weight is 403 g/mol. The van der Waals surface area contributed by atoms with Crippen molar-refractivity contribution in [3.63, 3.8) is 0 Å². The Kier molecular flexibility index (Phi) is 6.31. The molecular weight excluding hydrogens is 380 g/mol. The molecule has 3 N–H and O–H groups in total. The van der Waals surface area contributed by atoms with Gasteiger partial charge >= 0.3 is 0 Å². The third kappa shape index (κ3) is 4.64. The molecule has 154 valence electrons. The van der Waals surface area contributed by atoms with E-state index in [-0.39, 0.29) is 29.5 Å². The summed E-state index contributed by atoms with van der Waals surface area (Å²) in [4.78, 5) is 26.3. The summed E-state index contributed by atoms with van der Waals surface area (Å²) in [5.41, 5.74) is 5.77. The van der Waals surface area contributed by atoms with E-state index in [1.165, 1.54) is 30.3 Å². The van der Waals surface area contributed by atoms with Crippen molar-refractivity contribution in [2.45, 2.75) is 25.8 Å². The average Bonchev–Trinajstić information content (AvgIpc) is 3.23. The third-order valence-electron chi connectivity index (χ3n) is 4.80. The lowest BCUT2D eigenvalue weighted by molar-refractivity contribution is -0.131. The molecule has 0 aromatic heterocycles. The fourth-order valence-electron chi connectivity index (χ4n) is 3.32. The lowest BCUT2D eigenvalue weighted by atomic mass is 10.0. The predicted octanol–water partition coefficient (Wildman–Crippen LogP) is 3.24. The number of ether oxygens (including phenoxy) is 1. The maximum absolute atomic E-state index is 14.4. The van der Waals surface area contributed by atoms with Crippen molar-refractivity contribution in [2.75, 3.05) is 25.0 Å². The van der Waals surface area contributed by atoms with Gasteiger partial charge < -0.3 is 20.7 Å². The highest BCUT2D eigenvalue weighted by Crippen LogP contribution is 2.29. The van der Waals surface area contributed by atoms with Gasteiger partial charge in [-0.25, -0.2) is 8.78 Å². The standard InChI is InChI=1S/C21H23F2N3O3/c1-2-29-18-12-13(5-8-16(18)23)19(21(28)26-9-3-4-10-26)25-17-11-14(20(24)27)6-7-15(17)22/h5-8,11-12,19,25H,2-4,9-10H2,1H3,(H2,24,27)/t19-/m0/s1. The number of carbonyl (C=O) groups is 2. The van der Waals surface area contributed by atoms with Crippen molar-refractivity contribution in [1.29, 1.82) is 0 Å². The van der Waals surface area contributed by atoms with E-state index in [1.807, 2.05) is 0 Å². The largest absolute Gasteiger partial charge is 0.491 e. The van der Waals surface area contributed by atoms with Gasteiger partial charge in [-0.1, -0.05) is 6.07 Å². The molecule has 1 saturated heterocycles. The fourth-order valence-corrected chi connectivity index (χ4v) is 3.32. The normalized spacial score (nSPS) is 14.5. The lowest BCUT2D eigenvalue weighted by Crippen LogP contribution is -2.36. The molecule has 0 unspecified atom stereocenters. The molecular formula is C21H23F2N3O3. The van der Waals surface area contributed by atoms with E-state index in [0.717, 1.165) is 18.9 Å². The molecule has 2 aromatic carbocycles. The van der Waals surface area contributed by atoms with Gasteiger partial charge in [0.15, 0.2) is 11.6 Å². The molecule has 1 aliphatic rings. The van der Waals surface area contributed by atoms with Crippen LogP contribution in [-0.4, -0.2) is 36.4 Å². The molecule has 3 rings (SSSR count). The lowest BCUT2D eigenvalue weighted by Gasteiger charge is -2.26. The Hall–Kier alpha value is -3.16. The van der Waals surface area contributed by atoms with Gasteiger partial charge in [0.25, 0.3) is 0 Å². The van der Waals surface area contributed by atoms with Crippen LogP contribution in [0.25, 0.3) is 0 Å². The van der Waals surface area contributed by atoms with Crippen LogP contribution in [0, 0.1) is 11.6 Å². The zero-order valence-electron chi connectivity index (χ0n) is 16.1. The second-order valence-electron chi connectivity index (χ2n) is 6.79. The summed E-state index contributed by atoms with van der Waals surface area (Å²) in [5, 5.41) is 2.87. The van der Waals surface area contributed by atoms with Crippen molar-refractivity contribution >= 4 is 17.5 Å². The van der Waals surface area contributed by atoms with Crippen LogP contribution in [0.1, 0.15) is 41.7 Å². The number of hydrogen-bond donors (Lipinski definition) is 2. The van der Waals surface area contributed by atoms with Crippen molar-refractivity contribution in [3.05, 3.63) is 59.2 Å². The number of nitrogens with zero attached hydrogens (tertiary/aromatic N) is 1. The van der Waals surface area contributed by atoms with Crippen LogP contribution in [-0.2, 0) is 4.79 Å². The highest BCUT2D eigenvalue weighted by Gasteiger charge is 2.29. The summed E-state index contributed by atoms with van der Waals surface area (Å²) in [5.74, 6) is -2.15. The van der Waals surface area contributed by atoms with Crippen molar-refractivity contribution in [1.82, 2.24) is 4.90 Å². The van der Waals surface area contributed by atoms with E-state index in [1.54, 1.807) is 11.8 Å². The number of halogens is 2. The van der Waals surface area contributed by atoms with Crippen LogP contribution in [0.2, 0.25) is 0 Å². The van der Waals surface area contributed by atoms with Crippen LogP contribution >= 0.6 is 0 Å². The van der Waals surface area contributed by atoms with Crippen LogP contribution < -0.4 is 15.8 Å². The third-order valence-corrected chi connectivity index (χ3v) is 4.80. The first-order chi connectivity index (χ1) is 13.9. The number of rotatable bonds is 7. The van der Waals surface area contributed by atoms with Gasteiger partial charge in [-0.05, 0) is 55.7 Å². The monoisotopic (exact) mass is 403 g/mol. The summed E-state index contributed by atoms with van der Waals surface area (Å²) >= 11 is 0. The number of nitrogens with one attached hydrogen (secondary N) is 1. The minimum absolute atomic E-state index is 0.0115. The quantitative estimate of drug-likeness (QED) is 0.743. The van der Waals surface area contributed by atoms with Gasteiger partial charge in [-0.2, -0.15) is 0 Å². The van der Waals surface area contributed by atoms with Gasteiger partial charge in [0, 0.05) is 18.7 Å². The van der Waals surface area contributed by atoms with E-state index < -0.39 is 23.6 Å². The summed E-state index contributed by atoms with van der Waals surface area (Å²) in [6.07, 6.45) is 1.77. The second-order valence-corrected chi connectivity index (χ2v) is 6.79. The highest BCUT2D eigenvalue weighted by atomic mass is 19.1. The van der Waals surface area contributed by atoms with E-state index in [9.17, 15) is 18.4 Å². The summed E-state index contributed by atoms with van der Waals surface area (Å²) < 4.78 is 33.7. The molecule has 1 aliphatic heterocycles. The molecule has 0 bridgehead atoms. The van der Waals surface area contributed by atoms with Crippen molar-refractivity contribution in [2.24, 2.45) is 5.73 Å². The number of anilines is 1. The summed E-state index contributed by atoms with van der Waals surface area (Å²) in [6.45, 7) is 3.18. The van der Waals surface area contributed by atoms with Gasteiger partial charge in [0.1, 0.15) is 11.9 Å². The zero-order chi connectivity index (χ0) is 21.0. The van der Waals surface area contributed by atoms with Gasteiger partial charge in [-0.3, -0.25) is 9.59 Å². The number of carbonyl (C=O) groups excluding carboxylic acids is 2. The van der Waals surface area contributed by atoms with E-state index >= 15 is 0 Å². The predicted molar refractivity (Wildman–Crippen MR) is 105 cm³/mol. The molecule has 8 heteroatoms. The Bertz CT molecular complexity index is 914. The SMILES string of the molecule is CCOc1cc([C@H](Nc2cc(C(N)=O)ccc2F)C(=O)N2CCCC2)ccc1F. The first kappa shape index (κ1) is 20.6. The molecule has 6 nitrogen and oxygen atoms in total. The molecule has 1 fully saturated rings. The van der Waals surface area contributed by atoms with Gasteiger partial charge in [-0.15, -0.1) is 0 Å². The Labute approximate surface area is 167 Å². The van der Waals surface area contributed by atoms with Crippen LogP contribution in [0.3, 0.4) is 0 Å². The molecule has 1 atom stereocenters. The van der Waals surface area contributed by atoms with E-state index in [0.29, 0.717) is 18.7 Å². The Balaban J connectivity index is 2.00. The molecule has 2 amide bonds. The zero-order valence-corrected chi connectivity index (χ0v) is 16.1. The van der Waals surface area contributed by atoms with Gasteiger partial charge in [0.05, 0.1) is 12.3 Å². The first-order valence-electron chi connectivity index (χ1n) is 9.47. The highest BCUT2D eigenvalue weighted by molar-refractivity contribution is 5.94. The Morgan fingerprint density at radius 2 is 1.83 bits per heavy atom. The molecule has 0 saturated carbocycles. The number of hydrogen-bond acceptors (Lipinski definition) is 4. The van der Waals surface area contributed by atoms with Crippen molar-refractivity contribution < 1.29 is 23.1 Å². The van der Waals surface area contributed by atoms with Crippen LogP contribution in [0.5, 0.6) is 5.75 Å². The molecule has 0 aliphatic carbocycles. The minimum atomic E-state index is -0.981. The smallest absolute Gasteiger partial charge is 0.249 e. The number of benzene rings is 2. The van der Waals surface area contributed by atoms with Crippen LogP contribution in [0.15, 0.2) is 36.4 Å². The minimum Gasteiger partial charge on any atom is -0.491 e. The summed E-state index contributed by atoms with van der Waals surface area (Å²) in [7, 11) is 0. The Morgan fingerprint density at radius 1 is 1.14 bits per heavy atom. The topological polar surface area (TPSA) is 84.7 Å². The second kappa shape index (κ2) is 8.89. The maximum Gasteiger partial charge on any atom is 0.249 e. The van der Waals surface area contributed by atoms with Gasteiger partial charge in [0.2, 0.25) is 11.8 Å². The fraction of sp³-hybridized carbons (Fsp3) is 0.333. The van der Waals surface area contributed by atoms with E-state index in [2.05, 4.69) is 5.32 Å². The summed E-state index contributed by atoms with van der Waals surface area (Å²) in [6, 6.07) is 6.75. The first-order valence-corrected chi connectivity index (χ1v) is 9.47. The van der Waals surface area contributed by atoms with E-state index in [4.69, 9.17) is 10.5 Å². The molecule has 1 heterocycles. The molecule has 29 heavy (non-hydrogen) atoms.